The predicted octanol–water partition coefficient (Wildman–Crippen LogP) is 3.04. The van der Waals surface area contributed by atoms with Crippen LogP contribution in [-0.4, -0.2) is 5.78 Å². The van der Waals surface area contributed by atoms with Crippen LogP contribution in [0.2, 0.25) is 0 Å². The van der Waals surface area contributed by atoms with E-state index in [1.807, 2.05) is 0 Å². The fraction of sp³-hybridized carbons (Fsp3) is 0.545. The van der Waals surface area contributed by atoms with E-state index in [2.05, 4.69) is 0 Å². The molecule has 0 saturated heterocycles. The van der Waals surface area contributed by atoms with E-state index in [1.54, 1.807) is 12.3 Å². The monoisotopic (exact) mass is 178 g/mol. The number of carbonyl (C=O) groups is 1. The van der Waals surface area contributed by atoms with Crippen molar-refractivity contribution >= 4 is 5.78 Å². The normalized spacial score (nSPS) is 17.8. The van der Waals surface area contributed by atoms with E-state index in [-0.39, 0.29) is 5.78 Å². The molecule has 1 aliphatic rings. The SMILES string of the molecule is O=C(CC1CCCC1)c1ccoc1. The van der Waals surface area contributed by atoms with Crippen LogP contribution >= 0.6 is 0 Å². The highest BCUT2D eigenvalue weighted by Crippen LogP contribution is 2.28. The Morgan fingerprint density at radius 1 is 1.46 bits per heavy atom. The summed E-state index contributed by atoms with van der Waals surface area (Å²) in [6.07, 6.45) is 8.85. The first kappa shape index (κ1) is 8.54. The Labute approximate surface area is 77.9 Å². The van der Waals surface area contributed by atoms with E-state index < -0.39 is 0 Å². The molecule has 0 bridgehead atoms. The highest BCUT2D eigenvalue weighted by atomic mass is 16.3. The molecule has 2 heteroatoms. The standard InChI is InChI=1S/C11H14O2/c12-11(10-5-6-13-8-10)7-9-3-1-2-4-9/h5-6,8-9H,1-4,7H2. The lowest BCUT2D eigenvalue weighted by Gasteiger charge is -2.05. The average Bonchev–Trinajstić information content (AvgIpc) is 2.74. The molecule has 70 valence electrons. The molecular weight excluding hydrogens is 164 g/mol. The van der Waals surface area contributed by atoms with Crippen LogP contribution in [-0.2, 0) is 0 Å². The molecule has 2 rings (SSSR count). The van der Waals surface area contributed by atoms with E-state index in [0.29, 0.717) is 12.3 Å². The van der Waals surface area contributed by atoms with Crippen LogP contribution in [0.4, 0.5) is 0 Å². The zero-order valence-electron chi connectivity index (χ0n) is 7.66. The number of ketones is 1. The van der Waals surface area contributed by atoms with E-state index in [4.69, 9.17) is 4.42 Å². The maximum Gasteiger partial charge on any atom is 0.166 e. The van der Waals surface area contributed by atoms with E-state index in [1.165, 1.54) is 31.9 Å². The number of Topliss-reactive ketones (excluding diaryl/α,β-unsaturated/α-hetero) is 1. The molecular formula is C11H14O2. The van der Waals surface area contributed by atoms with Gasteiger partial charge in [0, 0.05) is 6.42 Å². The predicted molar refractivity (Wildman–Crippen MR) is 49.6 cm³/mol. The number of carbonyl (C=O) groups excluding carboxylic acids is 1. The van der Waals surface area contributed by atoms with Crippen molar-refractivity contribution in [2.45, 2.75) is 32.1 Å². The van der Waals surface area contributed by atoms with Crippen LogP contribution in [0.1, 0.15) is 42.5 Å². The molecule has 0 unspecified atom stereocenters. The van der Waals surface area contributed by atoms with Gasteiger partial charge in [0.05, 0.1) is 11.8 Å². The van der Waals surface area contributed by atoms with Crippen LogP contribution in [0.15, 0.2) is 23.0 Å². The summed E-state index contributed by atoms with van der Waals surface area (Å²) in [5.41, 5.74) is 0.729. The second kappa shape index (κ2) is 3.77. The summed E-state index contributed by atoms with van der Waals surface area (Å²) in [4.78, 5) is 11.6. The van der Waals surface area contributed by atoms with Crippen molar-refractivity contribution in [3.63, 3.8) is 0 Å². The summed E-state index contributed by atoms with van der Waals surface area (Å²) in [5.74, 6) is 0.864. The third-order valence-corrected chi connectivity index (χ3v) is 2.79. The minimum absolute atomic E-state index is 0.237. The molecule has 0 atom stereocenters. The van der Waals surface area contributed by atoms with Crippen LogP contribution in [0.3, 0.4) is 0 Å². The Morgan fingerprint density at radius 2 is 2.23 bits per heavy atom. The highest BCUT2D eigenvalue weighted by Gasteiger charge is 2.19. The van der Waals surface area contributed by atoms with Crippen molar-refractivity contribution in [2.75, 3.05) is 0 Å². The summed E-state index contributed by atoms with van der Waals surface area (Å²) in [7, 11) is 0. The van der Waals surface area contributed by atoms with E-state index in [0.717, 1.165) is 5.56 Å². The Hall–Kier alpha value is -1.05. The smallest absolute Gasteiger partial charge is 0.166 e. The Balaban J connectivity index is 1.91. The Kier molecular flexibility index (Phi) is 2.48. The van der Waals surface area contributed by atoms with Crippen LogP contribution in [0.5, 0.6) is 0 Å². The number of hydrogen-bond donors (Lipinski definition) is 0. The topological polar surface area (TPSA) is 30.2 Å². The first-order chi connectivity index (χ1) is 6.36. The lowest BCUT2D eigenvalue weighted by atomic mass is 9.98. The van der Waals surface area contributed by atoms with Crippen molar-refractivity contribution in [1.82, 2.24) is 0 Å². The van der Waals surface area contributed by atoms with Gasteiger partial charge in [-0.25, -0.2) is 0 Å². The highest BCUT2D eigenvalue weighted by molar-refractivity contribution is 5.95. The van der Waals surface area contributed by atoms with Gasteiger partial charge in [0.1, 0.15) is 6.26 Å². The lowest BCUT2D eigenvalue weighted by molar-refractivity contribution is 0.0961. The minimum atomic E-state index is 0.237. The Bertz CT molecular complexity index is 268. The van der Waals surface area contributed by atoms with Crippen LogP contribution in [0, 0.1) is 5.92 Å². The second-order valence-electron chi connectivity index (χ2n) is 3.79. The maximum atomic E-state index is 11.6. The summed E-state index contributed by atoms with van der Waals surface area (Å²) in [6, 6.07) is 1.75. The zero-order valence-corrected chi connectivity index (χ0v) is 7.66. The third-order valence-electron chi connectivity index (χ3n) is 2.79. The van der Waals surface area contributed by atoms with Crippen molar-refractivity contribution in [3.05, 3.63) is 24.2 Å². The number of rotatable bonds is 3. The molecule has 1 saturated carbocycles. The minimum Gasteiger partial charge on any atom is -0.472 e. The zero-order chi connectivity index (χ0) is 9.10. The molecule has 1 aromatic heterocycles. The quantitative estimate of drug-likeness (QED) is 0.666. The average molecular weight is 178 g/mol. The fourth-order valence-corrected chi connectivity index (χ4v) is 2.02. The van der Waals surface area contributed by atoms with Crippen molar-refractivity contribution in [3.8, 4) is 0 Å². The molecule has 1 heterocycles. The first-order valence-corrected chi connectivity index (χ1v) is 4.91. The second-order valence-corrected chi connectivity index (χ2v) is 3.79. The van der Waals surface area contributed by atoms with Gasteiger partial charge < -0.3 is 4.42 Å². The maximum absolute atomic E-state index is 11.6. The summed E-state index contributed by atoms with van der Waals surface area (Å²) in [5, 5.41) is 0. The summed E-state index contributed by atoms with van der Waals surface area (Å²) < 4.78 is 4.88. The van der Waals surface area contributed by atoms with Crippen LogP contribution in [0.25, 0.3) is 0 Å². The van der Waals surface area contributed by atoms with Gasteiger partial charge in [0.2, 0.25) is 0 Å². The Morgan fingerprint density at radius 3 is 2.85 bits per heavy atom. The number of hydrogen-bond acceptors (Lipinski definition) is 2. The molecule has 13 heavy (non-hydrogen) atoms. The van der Waals surface area contributed by atoms with Gasteiger partial charge in [-0.05, 0) is 12.0 Å². The van der Waals surface area contributed by atoms with Crippen LogP contribution < -0.4 is 0 Å². The largest absolute Gasteiger partial charge is 0.472 e. The third kappa shape index (κ3) is 2.00. The van der Waals surface area contributed by atoms with Gasteiger partial charge in [-0.15, -0.1) is 0 Å². The van der Waals surface area contributed by atoms with E-state index in [9.17, 15) is 4.79 Å². The molecule has 1 fully saturated rings. The van der Waals surface area contributed by atoms with Gasteiger partial charge >= 0.3 is 0 Å². The molecule has 0 amide bonds. The summed E-state index contributed by atoms with van der Waals surface area (Å²) >= 11 is 0. The molecule has 1 aromatic rings. The van der Waals surface area contributed by atoms with Gasteiger partial charge in [-0.3, -0.25) is 4.79 Å². The molecule has 1 aliphatic carbocycles. The van der Waals surface area contributed by atoms with Gasteiger partial charge in [0.25, 0.3) is 0 Å². The summed E-state index contributed by atoms with van der Waals surface area (Å²) in [6.45, 7) is 0. The number of furan rings is 1. The molecule has 0 spiro atoms. The van der Waals surface area contributed by atoms with Gasteiger partial charge in [-0.2, -0.15) is 0 Å². The molecule has 0 aliphatic heterocycles. The van der Waals surface area contributed by atoms with Gasteiger partial charge in [-0.1, -0.05) is 25.7 Å². The molecule has 2 nitrogen and oxygen atoms in total. The lowest BCUT2D eigenvalue weighted by Crippen LogP contribution is -2.04. The van der Waals surface area contributed by atoms with Crippen molar-refractivity contribution in [2.24, 2.45) is 5.92 Å². The molecule has 0 N–H and O–H groups in total. The first-order valence-electron chi connectivity index (χ1n) is 4.91. The fourth-order valence-electron chi connectivity index (χ4n) is 2.02. The van der Waals surface area contributed by atoms with Crippen molar-refractivity contribution < 1.29 is 9.21 Å². The van der Waals surface area contributed by atoms with Gasteiger partial charge in [0.15, 0.2) is 5.78 Å². The molecule has 0 radical (unpaired) electrons. The molecule has 0 aromatic carbocycles. The van der Waals surface area contributed by atoms with E-state index >= 15 is 0 Å². The van der Waals surface area contributed by atoms with Crippen molar-refractivity contribution in [1.29, 1.82) is 0 Å².